The van der Waals surface area contributed by atoms with E-state index >= 15 is 0 Å². The number of halogens is 1. The van der Waals surface area contributed by atoms with E-state index in [1.807, 2.05) is 24.3 Å². The highest BCUT2D eigenvalue weighted by Crippen LogP contribution is 2.21. The van der Waals surface area contributed by atoms with Crippen molar-refractivity contribution in [3.8, 4) is 11.5 Å². The molecule has 1 heterocycles. The molecule has 1 aromatic heterocycles. The SMILES string of the molecule is Oc1ccc(/C=N/n2cnn(Cc3ccccc3Cl)c2=S)c(O)c1. The van der Waals surface area contributed by atoms with E-state index in [9.17, 15) is 10.2 Å². The van der Waals surface area contributed by atoms with Crippen LogP contribution in [-0.4, -0.2) is 30.9 Å². The molecule has 3 rings (SSSR count). The van der Waals surface area contributed by atoms with E-state index < -0.39 is 0 Å². The van der Waals surface area contributed by atoms with E-state index in [0.717, 1.165) is 5.56 Å². The van der Waals surface area contributed by atoms with Gasteiger partial charge in [0.05, 0.1) is 12.8 Å². The number of rotatable bonds is 4. The number of phenolic OH excluding ortho intramolecular Hbond substituents is 2. The van der Waals surface area contributed by atoms with Gasteiger partial charge in [-0.1, -0.05) is 29.8 Å². The molecule has 8 heteroatoms. The van der Waals surface area contributed by atoms with Crippen LogP contribution in [0.15, 0.2) is 53.9 Å². The van der Waals surface area contributed by atoms with Crippen molar-refractivity contribution in [1.82, 2.24) is 14.5 Å². The third-order valence-corrected chi connectivity index (χ3v) is 4.10. The average Bonchev–Trinajstić information content (AvgIpc) is 2.89. The van der Waals surface area contributed by atoms with E-state index in [4.69, 9.17) is 23.8 Å². The molecule has 0 spiro atoms. The quantitative estimate of drug-likeness (QED) is 0.552. The Hall–Kier alpha value is -2.64. The predicted octanol–water partition coefficient (Wildman–Crippen LogP) is 3.41. The van der Waals surface area contributed by atoms with Crippen molar-refractivity contribution in [3.63, 3.8) is 0 Å². The zero-order chi connectivity index (χ0) is 17.1. The molecule has 24 heavy (non-hydrogen) atoms. The van der Waals surface area contributed by atoms with Crippen LogP contribution in [0.25, 0.3) is 0 Å². The summed E-state index contributed by atoms with van der Waals surface area (Å²) in [6.07, 6.45) is 2.92. The van der Waals surface area contributed by atoms with E-state index in [2.05, 4.69) is 10.2 Å². The van der Waals surface area contributed by atoms with Gasteiger partial charge in [0.1, 0.15) is 17.8 Å². The van der Waals surface area contributed by atoms with Gasteiger partial charge < -0.3 is 10.2 Å². The summed E-state index contributed by atoms with van der Waals surface area (Å²) in [5, 5.41) is 28.1. The van der Waals surface area contributed by atoms with Crippen LogP contribution in [0.3, 0.4) is 0 Å². The van der Waals surface area contributed by atoms with Crippen LogP contribution in [0.4, 0.5) is 0 Å². The van der Waals surface area contributed by atoms with Gasteiger partial charge >= 0.3 is 0 Å². The Balaban J connectivity index is 1.84. The number of phenols is 2. The number of aromatic hydroxyl groups is 2. The fourth-order valence-corrected chi connectivity index (χ4v) is 2.47. The molecular weight excluding hydrogens is 348 g/mol. The summed E-state index contributed by atoms with van der Waals surface area (Å²) >= 11 is 11.5. The number of hydrogen-bond donors (Lipinski definition) is 2. The highest BCUT2D eigenvalue weighted by atomic mass is 35.5. The summed E-state index contributed by atoms with van der Waals surface area (Å²) in [5.74, 6) is -0.0949. The fraction of sp³-hybridized carbons (Fsp3) is 0.0625. The lowest BCUT2D eigenvalue weighted by molar-refractivity contribution is 0.450. The standard InChI is InChI=1S/C16H13ClN4O2S/c17-14-4-2-1-3-12(14)9-20-16(24)21(10-19-20)18-8-11-5-6-13(22)7-15(11)23/h1-8,10,22-23H,9H2/b18-8+. The third-order valence-electron chi connectivity index (χ3n) is 3.33. The second kappa shape index (κ2) is 6.86. The van der Waals surface area contributed by atoms with Crippen molar-refractivity contribution in [3.05, 3.63) is 69.7 Å². The summed E-state index contributed by atoms with van der Waals surface area (Å²) in [5.41, 5.74) is 1.36. The summed E-state index contributed by atoms with van der Waals surface area (Å²) in [7, 11) is 0. The third kappa shape index (κ3) is 3.47. The Bertz CT molecular complexity index is 965. The first-order valence-corrected chi connectivity index (χ1v) is 7.77. The smallest absolute Gasteiger partial charge is 0.219 e. The predicted molar refractivity (Wildman–Crippen MR) is 94.4 cm³/mol. The molecule has 2 N–H and O–H groups in total. The molecule has 0 aliphatic heterocycles. The maximum absolute atomic E-state index is 9.75. The molecule has 0 radical (unpaired) electrons. The summed E-state index contributed by atoms with van der Waals surface area (Å²) in [6.45, 7) is 0.436. The molecule has 2 aromatic carbocycles. The molecule has 0 atom stereocenters. The van der Waals surface area contributed by atoms with Crippen LogP contribution < -0.4 is 0 Å². The van der Waals surface area contributed by atoms with Crippen LogP contribution in [-0.2, 0) is 6.54 Å². The Morgan fingerprint density at radius 2 is 2.00 bits per heavy atom. The Kier molecular flexibility index (Phi) is 4.64. The van der Waals surface area contributed by atoms with Gasteiger partial charge in [0.2, 0.25) is 4.77 Å². The molecule has 122 valence electrons. The summed E-state index contributed by atoms with van der Waals surface area (Å²) < 4.78 is 3.41. The van der Waals surface area contributed by atoms with Crippen LogP contribution in [0.1, 0.15) is 11.1 Å². The normalized spacial score (nSPS) is 11.2. The summed E-state index contributed by atoms with van der Waals surface area (Å²) in [6, 6.07) is 11.7. The average molecular weight is 361 g/mol. The monoisotopic (exact) mass is 360 g/mol. The molecular formula is C16H13ClN4O2S. The molecule has 6 nitrogen and oxygen atoms in total. The molecule has 0 amide bonds. The highest BCUT2D eigenvalue weighted by molar-refractivity contribution is 7.71. The Labute approximate surface area is 147 Å². The first-order chi connectivity index (χ1) is 11.5. The molecule has 0 unspecified atom stereocenters. The second-order valence-corrected chi connectivity index (χ2v) is 5.77. The van der Waals surface area contributed by atoms with Crippen LogP contribution in [0.2, 0.25) is 5.02 Å². The van der Waals surface area contributed by atoms with Gasteiger partial charge in [-0.3, -0.25) is 0 Å². The maximum atomic E-state index is 9.75. The minimum Gasteiger partial charge on any atom is -0.508 e. The molecule has 0 saturated heterocycles. The van der Waals surface area contributed by atoms with Gasteiger partial charge in [0.15, 0.2) is 0 Å². The highest BCUT2D eigenvalue weighted by Gasteiger charge is 2.05. The number of nitrogens with zero attached hydrogens (tertiary/aromatic N) is 4. The minimum absolute atomic E-state index is 0.0196. The molecule has 0 bridgehead atoms. The molecule has 3 aromatic rings. The number of hydrogen-bond acceptors (Lipinski definition) is 5. The van der Waals surface area contributed by atoms with E-state index in [0.29, 0.717) is 21.9 Å². The van der Waals surface area contributed by atoms with Gasteiger partial charge in [-0.05, 0) is 36.0 Å². The summed E-state index contributed by atoms with van der Waals surface area (Å²) in [4.78, 5) is 0. The maximum Gasteiger partial charge on any atom is 0.219 e. The van der Waals surface area contributed by atoms with Gasteiger partial charge in [0.25, 0.3) is 0 Å². The zero-order valence-corrected chi connectivity index (χ0v) is 13.9. The van der Waals surface area contributed by atoms with Crippen molar-refractivity contribution in [2.24, 2.45) is 5.10 Å². The van der Waals surface area contributed by atoms with E-state index in [1.165, 1.54) is 29.4 Å². The van der Waals surface area contributed by atoms with Gasteiger partial charge in [-0.25, -0.2) is 4.68 Å². The van der Waals surface area contributed by atoms with E-state index in [-0.39, 0.29) is 11.5 Å². The van der Waals surface area contributed by atoms with Gasteiger partial charge in [-0.2, -0.15) is 14.9 Å². The molecule has 0 aliphatic carbocycles. The van der Waals surface area contributed by atoms with Crippen LogP contribution in [0, 0.1) is 4.77 Å². The lowest BCUT2D eigenvalue weighted by atomic mass is 10.2. The molecule has 0 aliphatic rings. The van der Waals surface area contributed by atoms with Gasteiger partial charge in [-0.15, -0.1) is 0 Å². The topological polar surface area (TPSA) is 75.6 Å². The Morgan fingerprint density at radius 1 is 1.21 bits per heavy atom. The lowest BCUT2D eigenvalue weighted by Crippen LogP contribution is -2.03. The number of benzene rings is 2. The van der Waals surface area contributed by atoms with Crippen molar-refractivity contribution in [1.29, 1.82) is 0 Å². The largest absolute Gasteiger partial charge is 0.508 e. The van der Waals surface area contributed by atoms with Crippen molar-refractivity contribution >= 4 is 30.0 Å². The van der Waals surface area contributed by atoms with Gasteiger partial charge in [0, 0.05) is 16.7 Å². The van der Waals surface area contributed by atoms with Crippen LogP contribution in [0.5, 0.6) is 11.5 Å². The lowest BCUT2D eigenvalue weighted by Gasteiger charge is -2.03. The number of aromatic nitrogens is 3. The van der Waals surface area contributed by atoms with E-state index in [1.54, 1.807) is 10.7 Å². The van der Waals surface area contributed by atoms with Crippen molar-refractivity contribution in [2.45, 2.75) is 6.54 Å². The first kappa shape index (κ1) is 16.2. The second-order valence-electron chi connectivity index (χ2n) is 4.99. The Morgan fingerprint density at radius 3 is 2.75 bits per heavy atom. The molecule has 0 fully saturated rings. The van der Waals surface area contributed by atoms with Crippen LogP contribution >= 0.6 is 23.8 Å². The fourth-order valence-electron chi connectivity index (χ4n) is 2.07. The van der Waals surface area contributed by atoms with Crippen molar-refractivity contribution in [2.75, 3.05) is 0 Å². The zero-order valence-electron chi connectivity index (χ0n) is 12.4. The first-order valence-electron chi connectivity index (χ1n) is 6.99. The minimum atomic E-state index is -0.0753. The molecule has 0 saturated carbocycles. The van der Waals surface area contributed by atoms with Crippen molar-refractivity contribution < 1.29 is 10.2 Å².